The molecule has 1 aromatic heterocycles. The first-order chi connectivity index (χ1) is 10.3. The summed E-state index contributed by atoms with van der Waals surface area (Å²) in [6, 6.07) is 12.9. The molecule has 3 rings (SSSR count). The lowest BCUT2D eigenvalue weighted by Gasteiger charge is -2.31. The lowest BCUT2D eigenvalue weighted by molar-refractivity contribution is 0.235. The van der Waals surface area contributed by atoms with E-state index in [0.29, 0.717) is 5.92 Å². The summed E-state index contributed by atoms with van der Waals surface area (Å²) in [5.41, 5.74) is 4.11. The molecule has 3 heteroatoms. The highest BCUT2D eigenvalue weighted by Crippen LogP contribution is 2.25. The minimum Gasteiger partial charge on any atom is -0.384 e. The van der Waals surface area contributed by atoms with Crippen molar-refractivity contribution in [1.29, 1.82) is 0 Å². The van der Waals surface area contributed by atoms with E-state index in [1.54, 1.807) is 0 Å². The Morgan fingerprint density at radius 3 is 2.81 bits per heavy atom. The van der Waals surface area contributed by atoms with Crippen LogP contribution in [-0.2, 0) is 13.0 Å². The molecule has 2 aromatic rings. The number of pyridine rings is 1. The Balaban J connectivity index is 1.60. The molecule has 0 fully saturated rings. The highest BCUT2D eigenvalue weighted by molar-refractivity contribution is 5.53. The average molecular weight is 281 g/mol. The molecule has 0 spiro atoms. The van der Waals surface area contributed by atoms with Gasteiger partial charge in [-0.2, -0.15) is 0 Å². The van der Waals surface area contributed by atoms with Gasteiger partial charge >= 0.3 is 0 Å². The minimum atomic E-state index is 0.682. The molecule has 1 unspecified atom stereocenters. The summed E-state index contributed by atoms with van der Waals surface area (Å²) in [5.74, 6) is 0.682. The molecule has 1 aromatic carbocycles. The van der Waals surface area contributed by atoms with Gasteiger partial charge in [-0.05, 0) is 48.2 Å². The van der Waals surface area contributed by atoms with Gasteiger partial charge < -0.3 is 5.32 Å². The molecule has 0 bridgehead atoms. The van der Waals surface area contributed by atoms with Crippen LogP contribution in [0.2, 0.25) is 0 Å². The van der Waals surface area contributed by atoms with Crippen LogP contribution in [0.3, 0.4) is 0 Å². The molecule has 1 aliphatic heterocycles. The zero-order chi connectivity index (χ0) is 14.5. The molecule has 0 radical (unpaired) electrons. The van der Waals surface area contributed by atoms with Gasteiger partial charge in [-0.15, -0.1) is 0 Å². The molecule has 0 saturated carbocycles. The van der Waals surface area contributed by atoms with Crippen molar-refractivity contribution in [3.63, 3.8) is 0 Å². The number of nitrogens with zero attached hydrogens (tertiary/aromatic N) is 2. The second-order valence-corrected chi connectivity index (χ2v) is 5.79. The molecule has 2 heterocycles. The Kier molecular flexibility index (Phi) is 4.51. The molecule has 110 valence electrons. The summed E-state index contributed by atoms with van der Waals surface area (Å²) in [4.78, 5) is 6.61. The van der Waals surface area contributed by atoms with Crippen molar-refractivity contribution >= 4 is 5.69 Å². The fraction of sp³-hybridized carbons (Fsp3) is 0.389. The number of aromatic nitrogens is 1. The molecule has 1 aliphatic rings. The van der Waals surface area contributed by atoms with E-state index in [2.05, 4.69) is 58.5 Å². The summed E-state index contributed by atoms with van der Waals surface area (Å²) in [5, 5.41) is 3.57. The number of benzene rings is 1. The van der Waals surface area contributed by atoms with Crippen LogP contribution in [0.25, 0.3) is 0 Å². The normalized spacial score (nSPS) is 17.3. The summed E-state index contributed by atoms with van der Waals surface area (Å²) >= 11 is 0. The predicted octanol–water partition coefficient (Wildman–Crippen LogP) is 3.19. The zero-order valence-corrected chi connectivity index (χ0v) is 12.6. The van der Waals surface area contributed by atoms with Crippen molar-refractivity contribution in [3.8, 4) is 0 Å². The highest BCUT2D eigenvalue weighted by atomic mass is 15.1. The van der Waals surface area contributed by atoms with E-state index in [1.165, 1.54) is 23.2 Å². The van der Waals surface area contributed by atoms with Crippen molar-refractivity contribution in [1.82, 2.24) is 9.88 Å². The molecule has 21 heavy (non-hydrogen) atoms. The van der Waals surface area contributed by atoms with E-state index < -0.39 is 0 Å². The van der Waals surface area contributed by atoms with E-state index in [0.717, 1.165) is 26.2 Å². The second-order valence-electron chi connectivity index (χ2n) is 5.79. The topological polar surface area (TPSA) is 28.2 Å². The van der Waals surface area contributed by atoms with Gasteiger partial charge in [0.15, 0.2) is 0 Å². The molecular formula is C18H23N3. The third kappa shape index (κ3) is 3.61. The summed E-state index contributed by atoms with van der Waals surface area (Å²) in [6.07, 6.45) is 4.93. The highest BCUT2D eigenvalue weighted by Gasteiger charge is 2.19. The summed E-state index contributed by atoms with van der Waals surface area (Å²) in [7, 11) is 0. The third-order valence-electron chi connectivity index (χ3n) is 4.23. The maximum atomic E-state index is 4.09. The zero-order valence-electron chi connectivity index (χ0n) is 12.6. The van der Waals surface area contributed by atoms with Crippen LogP contribution < -0.4 is 5.32 Å². The van der Waals surface area contributed by atoms with Gasteiger partial charge in [-0.3, -0.25) is 9.88 Å². The maximum Gasteiger partial charge on any atom is 0.0372 e. The lowest BCUT2D eigenvalue weighted by atomic mass is 9.93. The number of hydrogen-bond donors (Lipinski definition) is 1. The predicted molar refractivity (Wildman–Crippen MR) is 87.3 cm³/mol. The number of para-hydroxylation sites is 1. The van der Waals surface area contributed by atoms with Crippen LogP contribution in [0.15, 0.2) is 48.8 Å². The Bertz CT molecular complexity index is 568. The van der Waals surface area contributed by atoms with Gasteiger partial charge in [-0.1, -0.05) is 25.1 Å². The van der Waals surface area contributed by atoms with Crippen LogP contribution in [0, 0.1) is 5.92 Å². The quantitative estimate of drug-likeness (QED) is 0.912. The fourth-order valence-corrected chi connectivity index (χ4v) is 3.05. The van der Waals surface area contributed by atoms with Crippen molar-refractivity contribution in [2.24, 2.45) is 5.92 Å². The molecule has 3 nitrogen and oxygen atoms in total. The summed E-state index contributed by atoms with van der Waals surface area (Å²) < 4.78 is 0. The van der Waals surface area contributed by atoms with E-state index >= 15 is 0 Å². The molecule has 1 atom stereocenters. The lowest BCUT2D eigenvalue weighted by Crippen LogP contribution is -2.35. The Morgan fingerprint density at radius 1 is 1.19 bits per heavy atom. The van der Waals surface area contributed by atoms with Gasteiger partial charge in [0.2, 0.25) is 0 Å². The third-order valence-corrected chi connectivity index (χ3v) is 4.23. The largest absolute Gasteiger partial charge is 0.384 e. The van der Waals surface area contributed by atoms with E-state index in [9.17, 15) is 0 Å². The van der Waals surface area contributed by atoms with Crippen LogP contribution in [-0.4, -0.2) is 29.5 Å². The maximum absolute atomic E-state index is 4.09. The molecule has 0 amide bonds. The smallest absolute Gasteiger partial charge is 0.0372 e. The first kappa shape index (κ1) is 14.1. The van der Waals surface area contributed by atoms with Gasteiger partial charge in [0.25, 0.3) is 0 Å². The van der Waals surface area contributed by atoms with Crippen molar-refractivity contribution in [2.45, 2.75) is 19.9 Å². The second kappa shape index (κ2) is 6.72. The van der Waals surface area contributed by atoms with E-state index in [-0.39, 0.29) is 0 Å². The van der Waals surface area contributed by atoms with Crippen LogP contribution >= 0.6 is 0 Å². The van der Waals surface area contributed by atoms with E-state index in [1.807, 2.05) is 12.4 Å². The SMILES string of the molecule is CCN(Cc1ccncc1)CC1CNc2ccccc2C1. The summed E-state index contributed by atoms with van der Waals surface area (Å²) in [6.45, 7) is 6.55. The monoisotopic (exact) mass is 281 g/mol. The van der Waals surface area contributed by atoms with Crippen molar-refractivity contribution in [3.05, 3.63) is 59.9 Å². The number of fused-ring (bicyclic) bond motifs is 1. The van der Waals surface area contributed by atoms with Gasteiger partial charge in [-0.25, -0.2) is 0 Å². The molecule has 0 aliphatic carbocycles. The fourth-order valence-electron chi connectivity index (χ4n) is 3.05. The van der Waals surface area contributed by atoms with Crippen LogP contribution in [0.5, 0.6) is 0 Å². The van der Waals surface area contributed by atoms with Crippen molar-refractivity contribution < 1.29 is 0 Å². The van der Waals surface area contributed by atoms with E-state index in [4.69, 9.17) is 0 Å². The molecule has 0 saturated heterocycles. The van der Waals surface area contributed by atoms with Gasteiger partial charge in [0.05, 0.1) is 0 Å². The first-order valence-electron chi connectivity index (χ1n) is 7.78. The van der Waals surface area contributed by atoms with Crippen LogP contribution in [0.1, 0.15) is 18.1 Å². The standard InChI is InChI=1S/C18H23N3/c1-2-21(13-15-7-9-19-10-8-15)14-16-11-17-5-3-4-6-18(17)20-12-16/h3-10,16,20H,2,11-14H2,1H3. The minimum absolute atomic E-state index is 0.682. The number of nitrogens with one attached hydrogen (secondary N) is 1. The number of rotatable bonds is 5. The Hall–Kier alpha value is -1.87. The average Bonchev–Trinajstić information content (AvgIpc) is 2.55. The first-order valence-corrected chi connectivity index (χ1v) is 7.78. The van der Waals surface area contributed by atoms with Gasteiger partial charge in [0.1, 0.15) is 0 Å². The van der Waals surface area contributed by atoms with Crippen LogP contribution in [0.4, 0.5) is 5.69 Å². The van der Waals surface area contributed by atoms with Crippen molar-refractivity contribution in [2.75, 3.05) is 25.0 Å². The van der Waals surface area contributed by atoms with Gasteiger partial charge in [0, 0.05) is 37.7 Å². The molecular weight excluding hydrogens is 258 g/mol. The Morgan fingerprint density at radius 2 is 2.00 bits per heavy atom. The Labute approximate surface area is 127 Å². The molecule has 1 N–H and O–H groups in total. The number of hydrogen-bond acceptors (Lipinski definition) is 3. The number of anilines is 1.